The van der Waals surface area contributed by atoms with Gasteiger partial charge in [-0.15, -0.1) is 0 Å². The number of carboxylic acids is 1. The minimum absolute atomic E-state index is 0.211. The lowest BCUT2D eigenvalue weighted by atomic mass is 9.81. The molecule has 2 fully saturated rings. The molecule has 22 heavy (non-hydrogen) atoms. The quantitative estimate of drug-likeness (QED) is 0.925. The van der Waals surface area contributed by atoms with Crippen molar-refractivity contribution in [2.75, 3.05) is 18.0 Å². The van der Waals surface area contributed by atoms with Crippen molar-refractivity contribution in [3.63, 3.8) is 0 Å². The SMILES string of the molecule is CCn1cnc2c(N3C[C@@H]4CCC[C@@]4(C(=O)O)C3)ncnc21. The molecule has 2 aliphatic rings. The number of rotatable bonds is 3. The van der Waals surface area contributed by atoms with E-state index in [2.05, 4.69) is 19.9 Å². The van der Waals surface area contributed by atoms with Crippen LogP contribution in [-0.2, 0) is 11.3 Å². The largest absolute Gasteiger partial charge is 0.481 e. The van der Waals surface area contributed by atoms with Gasteiger partial charge in [0, 0.05) is 19.6 Å². The van der Waals surface area contributed by atoms with Crippen LogP contribution < -0.4 is 4.90 Å². The summed E-state index contributed by atoms with van der Waals surface area (Å²) in [6, 6.07) is 0. The first-order valence-corrected chi connectivity index (χ1v) is 7.80. The highest BCUT2D eigenvalue weighted by molar-refractivity contribution is 5.85. The molecule has 116 valence electrons. The molecule has 0 radical (unpaired) electrons. The van der Waals surface area contributed by atoms with Gasteiger partial charge in [-0.3, -0.25) is 4.79 Å². The van der Waals surface area contributed by atoms with Gasteiger partial charge in [-0.05, 0) is 25.7 Å². The number of hydrogen-bond acceptors (Lipinski definition) is 5. The number of aliphatic carboxylic acids is 1. The van der Waals surface area contributed by atoms with E-state index in [-0.39, 0.29) is 5.92 Å². The second-order valence-electron chi connectivity index (χ2n) is 6.33. The number of fused-ring (bicyclic) bond motifs is 2. The van der Waals surface area contributed by atoms with Gasteiger partial charge in [-0.1, -0.05) is 6.42 Å². The molecule has 4 rings (SSSR count). The van der Waals surface area contributed by atoms with Gasteiger partial charge in [0.05, 0.1) is 11.7 Å². The second-order valence-corrected chi connectivity index (χ2v) is 6.33. The molecule has 1 aliphatic heterocycles. The van der Waals surface area contributed by atoms with Crippen molar-refractivity contribution in [3.05, 3.63) is 12.7 Å². The molecule has 0 aromatic carbocycles. The van der Waals surface area contributed by atoms with Gasteiger partial charge >= 0.3 is 5.97 Å². The monoisotopic (exact) mass is 301 g/mol. The van der Waals surface area contributed by atoms with Crippen molar-refractivity contribution in [2.45, 2.75) is 32.7 Å². The van der Waals surface area contributed by atoms with E-state index in [0.29, 0.717) is 6.54 Å². The zero-order valence-electron chi connectivity index (χ0n) is 12.6. The molecular formula is C15H19N5O2. The summed E-state index contributed by atoms with van der Waals surface area (Å²) < 4.78 is 1.98. The van der Waals surface area contributed by atoms with E-state index < -0.39 is 11.4 Å². The first-order valence-electron chi connectivity index (χ1n) is 7.80. The zero-order valence-corrected chi connectivity index (χ0v) is 12.6. The minimum atomic E-state index is -0.665. The van der Waals surface area contributed by atoms with Gasteiger partial charge in [0.2, 0.25) is 0 Å². The maximum Gasteiger partial charge on any atom is 0.311 e. The van der Waals surface area contributed by atoms with E-state index in [9.17, 15) is 9.90 Å². The maximum absolute atomic E-state index is 11.8. The fourth-order valence-corrected chi connectivity index (χ4v) is 4.13. The highest BCUT2D eigenvalue weighted by Crippen LogP contribution is 2.50. The molecule has 0 spiro atoms. The van der Waals surface area contributed by atoms with Gasteiger partial charge < -0.3 is 14.6 Å². The Bertz CT molecular complexity index is 743. The summed E-state index contributed by atoms with van der Waals surface area (Å²) in [5, 5.41) is 9.72. The van der Waals surface area contributed by atoms with Crippen LogP contribution in [0, 0.1) is 11.3 Å². The van der Waals surface area contributed by atoms with Crippen LogP contribution >= 0.6 is 0 Å². The number of carbonyl (C=O) groups is 1. The molecular weight excluding hydrogens is 282 g/mol. The van der Waals surface area contributed by atoms with Crippen LogP contribution in [-0.4, -0.2) is 43.7 Å². The van der Waals surface area contributed by atoms with Crippen molar-refractivity contribution < 1.29 is 9.90 Å². The lowest BCUT2D eigenvalue weighted by Gasteiger charge is -2.23. The van der Waals surface area contributed by atoms with Crippen molar-refractivity contribution in [1.82, 2.24) is 19.5 Å². The van der Waals surface area contributed by atoms with Crippen LogP contribution in [0.2, 0.25) is 0 Å². The fraction of sp³-hybridized carbons (Fsp3) is 0.600. The van der Waals surface area contributed by atoms with Gasteiger partial charge in [-0.25, -0.2) is 15.0 Å². The predicted octanol–water partition coefficient (Wildman–Crippen LogP) is 1.54. The van der Waals surface area contributed by atoms with E-state index >= 15 is 0 Å². The average molecular weight is 301 g/mol. The summed E-state index contributed by atoms with van der Waals surface area (Å²) in [6.07, 6.45) is 6.08. The number of aryl methyl sites for hydroxylation is 1. The molecule has 2 atom stereocenters. The minimum Gasteiger partial charge on any atom is -0.481 e. The van der Waals surface area contributed by atoms with Gasteiger partial charge in [0.15, 0.2) is 17.0 Å². The van der Waals surface area contributed by atoms with Crippen molar-refractivity contribution in [2.24, 2.45) is 11.3 Å². The maximum atomic E-state index is 11.8. The van der Waals surface area contributed by atoms with Gasteiger partial charge in [0.1, 0.15) is 6.33 Å². The first-order chi connectivity index (χ1) is 10.7. The van der Waals surface area contributed by atoms with Crippen LogP contribution in [0.5, 0.6) is 0 Å². The predicted molar refractivity (Wildman–Crippen MR) is 80.6 cm³/mol. The Hall–Kier alpha value is -2.18. The molecule has 7 heteroatoms. The Morgan fingerprint density at radius 3 is 3.05 bits per heavy atom. The fourth-order valence-electron chi connectivity index (χ4n) is 4.13. The Kier molecular flexibility index (Phi) is 2.85. The Morgan fingerprint density at radius 2 is 2.32 bits per heavy atom. The average Bonchev–Trinajstić information content (AvgIpc) is 3.18. The smallest absolute Gasteiger partial charge is 0.311 e. The van der Waals surface area contributed by atoms with Crippen molar-refractivity contribution >= 4 is 23.0 Å². The van der Waals surface area contributed by atoms with E-state index in [4.69, 9.17) is 0 Å². The normalized spacial score (nSPS) is 27.5. The van der Waals surface area contributed by atoms with Crippen LogP contribution in [0.4, 0.5) is 5.82 Å². The molecule has 1 aliphatic carbocycles. The molecule has 0 amide bonds. The van der Waals surface area contributed by atoms with Crippen LogP contribution in [0.1, 0.15) is 26.2 Å². The number of imidazole rings is 1. The number of anilines is 1. The highest BCUT2D eigenvalue weighted by Gasteiger charge is 2.55. The molecule has 1 saturated carbocycles. The molecule has 7 nitrogen and oxygen atoms in total. The van der Waals surface area contributed by atoms with Crippen molar-refractivity contribution in [1.29, 1.82) is 0 Å². The standard InChI is InChI=1S/C15H19N5O2/c1-2-19-9-18-11-12(19)16-8-17-13(11)20-6-10-4-3-5-15(10,7-20)14(21)22/h8-10H,2-7H2,1H3,(H,21,22)/t10-,15+/m0/s1. The molecule has 1 saturated heterocycles. The molecule has 0 unspecified atom stereocenters. The summed E-state index contributed by atoms with van der Waals surface area (Å²) in [7, 11) is 0. The number of hydrogen-bond donors (Lipinski definition) is 1. The summed E-state index contributed by atoms with van der Waals surface area (Å²) in [6.45, 7) is 4.12. The zero-order chi connectivity index (χ0) is 15.3. The summed E-state index contributed by atoms with van der Waals surface area (Å²) in [4.78, 5) is 27.1. The van der Waals surface area contributed by atoms with Crippen LogP contribution in [0.3, 0.4) is 0 Å². The summed E-state index contributed by atoms with van der Waals surface area (Å²) >= 11 is 0. The summed E-state index contributed by atoms with van der Waals surface area (Å²) in [5.74, 6) is 0.317. The Balaban J connectivity index is 1.75. The number of nitrogens with zero attached hydrogens (tertiary/aromatic N) is 5. The molecule has 1 N–H and O–H groups in total. The Labute approximate surface area is 128 Å². The van der Waals surface area contributed by atoms with Gasteiger partial charge in [-0.2, -0.15) is 0 Å². The number of carboxylic acid groups (broad SMARTS) is 1. The van der Waals surface area contributed by atoms with Crippen LogP contribution in [0.15, 0.2) is 12.7 Å². The van der Waals surface area contributed by atoms with Crippen LogP contribution in [0.25, 0.3) is 11.2 Å². The lowest BCUT2D eigenvalue weighted by Crippen LogP contribution is -2.35. The molecule has 3 heterocycles. The number of aromatic nitrogens is 4. The molecule has 0 bridgehead atoms. The third kappa shape index (κ3) is 1.68. The third-order valence-corrected chi connectivity index (χ3v) is 5.32. The first kappa shape index (κ1) is 13.5. The van der Waals surface area contributed by atoms with Gasteiger partial charge in [0.25, 0.3) is 0 Å². The third-order valence-electron chi connectivity index (χ3n) is 5.32. The highest BCUT2D eigenvalue weighted by atomic mass is 16.4. The summed E-state index contributed by atoms with van der Waals surface area (Å²) in [5.41, 5.74) is 0.976. The van der Waals surface area contributed by atoms with E-state index in [1.54, 1.807) is 12.7 Å². The van der Waals surface area contributed by atoms with E-state index in [0.717, 1.165) is 49.3 Å². The molecule has 2 aromatic heterocycles. The van der Waals surface area contributed by atoms with E-state index in [1.165, 1.54) is 0 Å². The topological polar surface area (TPSA) is 84.1 Å². The Morgan fingerprint density at radius 1 is 1.45 bits per heavy atom. The van der Waals surface area contributed by atoms with E-state index in [1.807, 2.05) is 11.5 Å². The lowest BCUT2D eigenvalue weighted by molar-refractivity contribution is -0.149. The second kappa shape index (κ2) is 4.66. The molecule has 2 aromatic rings. The van der Waals surface area contributed by atoms with Crippen molar-refractivity contribution in [3.8, 4) is 0 Å².